The lowest BCUT2D eigenvalue weighted by molar-refractivity contribution is 0.177. The van der Waals surface area contributed by atoms with Gasteiger partial charge in [-0.1, -0.05) is 0 Å². The fraction of sp³-hybridized carbons (Fsp3) is 0.333. The molecule has 1 aromatic heterocycles. The lowest BCUT2D eigenvalue weighted by Crippen LogP contribution is -2.33. The van der Waals surface area contributed by atoms with Crippen molar-refractivity contribution in [2.24, 2.45) is 0 Å². The first-order chi connectivity index (χ1) is 10.6. The zero-order valence-electron chi connectivity index (χ0n) is 12.6. The minimum atomic E-state index is -3.62. The highest BCUT2D eigenvalue weighted by Gasteiger charge is 2.24. The Bertz CT molecular complexity index is 664. The molecule has 0 radical (unpaired) electrons. The van der Waals surface area contributed by atoms with Gasteiger partial charge in [-0.15, -0.1) is 0 Å². The molecule has 0 saturated carbocycles. The third kappa shape index (κ3) is 3.88. The van der Waals surface area contributed by atoms with E-state index in [2.05, 4.69) is 0 Å². The van der Waals surface area contributed by atoms with Gasteiger partial charge in [0.1, 0.15) is 5.75 Å². The van der Waals surface area contributed by atoms with Crippen LogP contribution in [-0.2, 0) is 21.3 Å². The summed E-state index contributed by atoms with van der Waals surface area (Å²) in [4.78, 5) is 0.216. The molecule has 1 heterocycles. The van der Waals surface area contributed by atoms with Gasteiger partial charge in [-0.05, 0) is 30.3 Å². The summed E-state index contributed by atoms with van der Waals surface area (Å²) in [5.74, 6) is 0.609. The first kappa shape index (κ1) is 16.5. The molecule has 0 bridgehead atoms. The summed E-state index contributed by atoms with van der Waals surface area (Å²) >= 11 is 0. The van der Waals surface area contributed by atoms with E-state index in [4.69, 9.17) is 13.9 Å². The van der Waals surface area contributed by atoms with Crippen LogP contribution in [0.25, 0.3) is 0 Å². The van der Waals surface area contributed by atoms with Crippen LogP contribution in [0, 0.1) is 0 Å². The van der Waals surface area contributed by atoms with Crippen LogP contribution < -0.4 is 4.74 Å². The van der Waals surface area contributed by atoms with E-state index in [1.54, 1.807) is 18.2 Å². The normalized spacial score (nSPS) is 11.8. The van der Waals surface area contributed by atoms with Gasteiger partial charge in [-0.2, -0.15) is 4.31 Å². The number of methoxy groups -OCH3 is 2. The van der Waals surface area contributed by atoms with Gasteiger partial charge in [0, 0.05) is 25.8 Å². The van der Waals surface area contributed by atoms with Gasteiger partial charge in [-0.3, -0.25) is 0 Å². The SMILES string of the molecule is COCCN(Cc1ccoc1)S(=O)(=O)c1ccc(OC)cc1. The summed E-state index contributed by atoms with van der Waals surface area (Å²) in [6, 6.07) is 8.05. The van der Waals surface area contributed by atoms with E-state index in [1.165, 1.54) is 43.2 Å². The zero-order valence-corrected chi connectivity index (χ0v) is 13.4. The van der Waals surface area contributed by atoms with Gasteiger partial charge in [0.25, 0.3) is 0 Å². The average Bonchev–Trinajstić information content (AvgIpc) is 3.04. The van der Waals surface area contributed by atoms with Gasteiger partial charge in [0.15, 0.2) is 0 Å². The Balaban J connectivity index is 2.26. The molecule has 0 fully saturated rings. The first-order valence-corrected chi connectivity index (χ1v) is 8.16. The number of hydrogen-bond donors (Lipinski definition) is 0. The first-order valence-electron chi connectivity index (χ1n) is 6.72. The van der Waals surface area contributed by atoms with E-state index in [9.17, 15) is 8.42 Å². The Morgan fingerprint density at radius 2 is 1.86 bits per heavy atom. The predicted molar refractivity (Wildman–Crippen MR) is 81.2 cm³/mol. The van der Waals surface area contributed by atoms with Gasteiger partial charge in [0.2, 0.25) is 10.0 Å². The van der Waals surface area contributed by atoms with Crippen LogP contribution >= 0.6 is 0 Å². The molecule has 1 aromatic carbocycles. The third-order valence-electron chi connectivity index (χ3n) is 3.18. The van der Waals surface area contributed by atoms with Crippen molar-refractivity contribution in [2.45, 2.75) is 11.4 Å². The number of hydrogen-bond acceptors (Lipinski definition) is 5. The Morgan fingerprint density at radius 3 is 2.41 bits per heavy atom. The molecule has 0 aliphatic rings. The molecule has 0 atom stereocenters. The maximum Gasteiger partial charge on any atom is 0.243 e. The summed E-state index contributed by atoms with van der Waals surface area (Å²) in [5.41, 5.74) is 0.785. The van der Waals surface area contributed by atoms with Crippen molar-refractivity contribution in [2.75, 3.05) is 27.4 Å². The second-order valence-electron chi connectivity index (χ2n) is 4.64. The van der Waals surface area contributed by atoms with Crippen molar-refractivity contribution in [3.05, 3.63) is 48.4 Å². The highest BCUT2D eigenvalue weighted by molar-refractivity contribution is 7.89. The molecule has 0 amide bonds. The van der Waals surface area contributed by atoms with Crippen LogP contribution in [0.2, 0.25) is 0 Å². The minimum Gasteiger partial charge on any atom is -0.497 e. The van der Waals surface area contributed by atoms with E-state index in [0.29, 0.717) is 12.4 Å². The summed E-state index contributed by atoms with van der Waals surface area (Å²) in [6.45, 7) is 0.803. The average molecular weight is 325 g/mol. The molecule has 22 heavy (non-hydrogen) atoms. The highest BCUT2D eigenvalue weighted by Crippen LogP contribution is 2.21. The van der Waals surface area contributed by atoms with Gasteiger partial charge in [-0.25, -0.2) is 8.42 Å². The van der Waals surface area contributed by atoms with Crippen LogP contribution in [-0.4, -0.2) is 40.1 Å². The molecule has 0 N–H and O–H groups in total. The largest absolute Gasteiger partial charge is 0.497 e. The van der Waals surface area contributed by atoms with Gasteiger partial charge in [0.05, 0.1) is 31.1 Å². The summed E-state index contributed by atoms with van der Waals surface area (Å²) < 4.78 is 42.0. The van der Waals surface area contributed by atoms with E-state index in [0.717, 1.165) is 5.56 Å². The van der Waals surface area contributed by atoms with Crippen LogP contribution in [0.3, 0.4) is 0 Å². The van der Waals surface area contributed by atoms with Crippen molar-refractivity contribution in [3.63, 3.8) is 0 Å². The summed E-state index contributed by atoms with van der Waals surface area (Å²) in [7, 11) is -0.546. The van der Waals surface area contributed by atoms with E-state index >= 15 is 0 Å². The van der Waals surface area contributed by atoms with Crippen molar-refractivity contribution in [1.82, 2.24) is 4.31 Å². The van der Waals surface area contributed by atoms with Crippen molar-refractivity contribution >= 4 is 10.0 Å². The number of ether oxygens (including phenoxy) is 2. The number of sulfonamides is 1. The van der Waals surface area contributed by atoms with Gasteiger partial charge >= 0.3 is 0 Å². The molecule has 2 rings (SSSR count). The van der Waals surface area contributed by atoms with Crippen molar-refractivity contribution in [3.8, 4) is 5.75 Å². The molecule has 6 nitrogen and oxygen atoms in total. The molecule has 0 aliphatic heterocycles. The molecular formula is C15H19NO5S. The third-order valence-corrected chi connectivity index (χ3v) is 5.04. The monoisotopic (exact) mass is 325 g/mol. The Labute approximate surface area is 130 Å². The lowest BCUT2D eigenvalue weighted by Gasteiger charge is -2.21. The molecular weight excluding hydrogens is 306 g/mol. The van der Waals surface area contributed by atoms with E-state index in [-0.39, 0.29) is 18.0 Å². The molecule has 2 aromatic rings. The number of benzene rings is 1. The number of nitrogens with zero attached hydrogens (tertiary/aromatic N) is 1. The minimum absolute atomic E-state index is 0.216. The van der Waals surface area contributed by atoms with E-state index < -0.39 is 10.0 Å². The molecule has 7 heteroatoms. The second-order valence-corrected chi connectivity index (χ2v) is 6.58. The number of rotatable bonds is 8. The molecule has 0 spiro atoms. The maximum atomic E-state index is 12.8. The standard InChI is InChI=1S/C15H19NO5S/c1-19-10-8-16(11-13-7-9-21-12-13)22(17,18)15-5-3-14(20-2)4-6-15/h3-7,9,12H,8,10-11H2,1-2H3. The Morgan fingerprint density at radius 1 is 1.14 bits per heavy atom. The lowest BCUT2D eigenvalue weighted by atomic mass is 10.3. The van der Waals surface area contributed by atoms with Crippen molar-refractivity contribution in [1.29, 1.82) is 0 Å². The molecule has 0 aliphatic carbocycles. The summed E-state index contributed by atoms with van der Waals surface area (Å²) in [6.07, 6.45) is 3.05. The van der Waals surface area contributed by atoms with Crippen LogP contribution in [0.4, 0.5) is 0 Å². The van der Waals surface area contributed by atoms with Crippen molar-refractivity contribution < 1.29 is 22.3 Å². The van der Waals surface area contributed by atoms with E-state index in [1.807, 2.05) is 0 Å². The quantitative estimate of drug-likeness (QED) is 0.743. The smallest absolute Gasteiger partial charge is 0.243 e. The number of furan rings is 1. The fourth-order valence-electron chi connectivity index (χ4n) is 1.96. The highest BCUT2D eigenvalue weighted by atomic mass is 32.2. The summed E-state index contributed by atoms with van der Waals surface area (Å²) in [5, 5.41) is 0. The Kier molecular flexibility index (Phi) is 5.59. The fourth-order valence-corrected chi connectivity index (χ4v) is 3.37. The molecule has 0 saturated heterocycles. The van der Waals surface area contributed by atoms with Gasteiger partial charge < -0.3 is 13.9 Å². The molecule has 0 unspecified atom stereocenters. The topological polar surface area (TPSA) is 69.0 Å². The molecule has 120 valence electrons. The van der Waals surface area contributed by atoms with Crippen LogP contribution in [0.5, 0.6) is 5.75 Å². The predicted octanol–water partition coefficient (Wildman–Crippen LogP) is 2.13. The van der Waals surface area contributed by atoms with Crippen LogP contribution in [0.15, 0.2) is 52.2 Å². The zero-order chi connectivity index (χ0) is 16.0. The second kappa shape index (κ2) is 7.44. The Hall–Kier alpha value is -1.83. The maximum absolute atomic E-state index is 12.8. The van der Waals surface area contributed by atoms with Crippen LogP contribution in [0.1, 0.15) is 5.56 Å².